The van der Waals surface area contributed by atoms with Gasteiger partial charge in [-0.05, 0) is 43.4 Å². The van der Waals surface area contributed by atoms with Gasteiger partial charge in [0.25, 0.3) is 0 Å². The third kappa shape index (κ3) is 4.49. The molecule has 152 valence electrons. The number of likely N-dealkylation sites (tertiary alicyclic amines) is 1. The van der Waals surface area contributed by atoms with E-state index in [1.54, 1.807) is 0 Å². The van der Waals surface area contributed by atoms with Gasteiger partial charge >= 0.3 is 0 Å². The van der Waals surface area contributed by atoms with Crippen LogP contribution >= 0.6 is 0 Å². The lowest BCUT2D eigenvalue weighted by molar-refractivity contribution is -0.117. The molecular formula is C22H33N5O. The van der Waals surface area contributed by atoms with Gasteiger partial charge in [0.15, 0.2) is 5.96 Å². The monoisotopic (exact) mass is 383 g/mol. The zero-order valence-electron chi connectivity index (χ0n) is 17.0. The maximum Gasteiger partial charge on any atom is 0.227 e. The third-order valence-electron chi connectivity index (χ3n) is 6.41. The highest BCUT2D eigenvalue weighted by molar-refractivity contribution is 5.95. The van der Waals surface area contributed by atoms with Gasteiger partial charge in [-0.1, -0.05) is 25.0 Å². The second-order valence-corrected chi connectivity index (χ2v) is 8.30. The molecule has 1 aliphatic carbocycles. The molecule has 2 heterocycles. The number of carbonyl (C=O) groups is 1. The molecule has 6 heteroatoms. The Morgan fingerprint density at radius 1 is 1.11 bits per heavy atom. The Labute approximate surface area is 168 Å². The summed E-state index contributed by atoms with van der Waals surface area (Å²) in [6.45, 7) is 3.90. The van der Waals surface area contributed by atoms with Gasteiger partial charge in [0, 0.05) is 57.4 Å². The minimum Gasteiger partial charge on any atom is -0.352 e. The molecule has 0 radical (unpaired) electrons. The average molecular weight is 384 g/mol. The van der Waals surface area contributed by atoms with Crippen molar-refractivity contribution in [3.05, 3.63) is 29.8 Å². The summed E-state index contributed by atoms with van der Waals surface area (Å²) in [5.74, 6) is 1.11. The fraction of sp³-hybridized carbons (Fsp3) is 0.636. The Kier molecular flexibility index (Phi) is 6.15. The molecule has 28 heavy (non-hydrogen) atoms. The minimum absolute atomic E-state index is 0.235. The van der Waals surface area contributed by atoms with E-state index in [1.165, 1.54) is 44.2 Å². The van der Waals surface area contributed by atoms with E-state index in [9.17, 15) is 4.79 Å². The number of hydrogen-bond donors (Lipinski definition) is 2. The van der Waals surface area contributed by atoms with Crippen molar-refractivity contribution in [1.29, 1.82) is 0 Å². The van der Waals surface area contributed by atoms with E-state index < -0.39 is 0 Å². The number of amides is 1. The fourth-order valence-corrected chi connectivity index (χ4v) is 4.79. The van der Waals surface area contributed by atoms with Crippen LogP contribution in [0.5, 0.6) is 0 Å². The summed E-state index contributed by atoms with van der Waals surface area (Å²) in [6, 6.07) is 9.58. The van der Waals surface area contributed by atoms with Crippen LogP contribution in [0.15, 0.2) is 29.3 Å². The Hall–Kier alpha value is -2.08. The summed E-state index contributed by atoms with van der Waals surface area (Å²) in [5.41, 5.74) is 2.20. The predicted octanol–water partition coefficient (Wildman–Crippen LogP) is 2.50. The summed E-state index contributed by atoms with van der Waals surface area (Å²) in [5, 5.41) is 7.03. The van der Waals surface area contributed by atoms with Crippen LogP contribution in [0.3, 0.4) is 0 Å². The first kappa shape index (κ1) is 19.2. The van der Waals surface area contributed by atoms with Crippen molar-refractivity contribution < 1.29 is 4.79 Å². The van der Waals surface area contributed by atoms with Crippen LogP contribution in [0.1, 0.15) is 50.5 Å². The summed E-state index contributed by atoms with van der Waals surface area (Å²) in [6.07, 6.45) is 8.36. The third-order valence-corrected chi connectivity index (χ3v) is 6.41. The van der Waals surface area contributed by atoms with E-state index >= 15 is 0 Å². The molecule has 0 bridgehead atoms. The molecule has 1 aromatic rings. The van der Waals surface area contributed by atoms with Crippen molar-refractivity contribution in [2.24, 2.45) is 4.99 Å². The molecule has 1 amide bonds. The molecule has 1 saturated carbocycles. The highest BCUT2D eigenvalue weighted by atomic mass is 16.2. The molecule has 0 spiro atoms. The number of hydrogen-bond acceptors (Lipinski definition) is 3. The summed E-state index contributed by atoms with van der Waals surface area (Å²) in [7, 11) is 1.83. The van der Waals surface area contributed by atoms with Crippen LogP contribution in [0.2, 0.25) is 0 Å². The smallest absolute Gasteiger partial charge is 0.227 e. The summed E-state index contributed by atoms with van der Waals surface area (Å²) >= 11 is 0. The Bertz CT molecular complexity index is 695. The van der Waals surface area contributed by atoms with E-state index in [0.717, 1.165) is 43.7 Å². The molecule has 2 N–H and O–H groups in total. The molecule has 2 aliphatic heterocycles. The molecule has 2 saturated heterocycles. The molecule has 3 aliphatic rings. The van der Waals surface area contributed by atoms with Crippen LogP contribution in [0.4, 0.5) is 5.69 Å². The number of aliphatic imine (C=N–C) groups is 1. The van der Waals surface area contributed by atoms with Crippen LogP contribution in [-0.4, -0.2) is 55.5 Å². The lowest BCUT2D eigenvalue weighted by atomic mass is 10.2. The van der Waals surface area contributed by atoms with Crippen molar-refractivity contribution in [3.8, 4) is 0 Å². The number of carbonyl (C=O) groups excluding carboxylic acids is 1. The van der Waals surface area contributed by atoms with E-state index in [4.69, 9.17) is 0 Å². The maximum absolute atomic E-state index is 11.9. The van der Waals surface area contributed by atoms with Gasteiger partial charge in [-0.25, -0.2) is 0 Å². The largest absolute Gasteiger partial charge is 0.352 e. The normalized spacial score (nSPS) is 24.3. The van der Waals surface area contributed by atoms with Crippen molar-refractivity contribution in [2.75, 3.05) is 31.6 Å². The Morgan fingerprint density at radius 2 is 1.89 bits per heavy atom. The van der Waals surface area contributed by atoms with Crippen LogP contribution in [-0.2, 0) is 11.3 Å². The molecule has 1 atom stereocenters. The van der Waals surface area contributed by atoms with E-state index in [2.05, 4.69) is 32.7 Å². The van der Waals surface area contributed by atoms with Gasteiger partial charge in [-0.15, -0.1) is 0 Å². The molecule has 1 unspecified atom stereocenters. The number of anilines is 1. The zero-order chi connectivity index (χ0) is 19.3. The fourth-order valence-electron chi connectivity index (χ4n) is 4.79. The quantitative estimate of drug-likeness (QED) is 0.606. The predicted molar refractivity (Wildman–Crippen MR) is 114 cm³/mol. The number of rotatable bonds is 5. The molecule has 4 rings (SSSR count). The van der Waals surface area contributed by atoms with Gasteiger partial charge in [0.1, 0.15) is 0 Å². The molecule has 1 aromatic carbocycles. The van der Waals surface area contributed by atoms with Gasteiger partial charge in [0.05, 0.1) is 0 Å². The van der Waals surface area contributed by atoms with Crippen LogP contribution in [0, 0.1) is 0 Å². The van der Waals surface area contributed by atoms with Crippen molar-refractivity contribution in [3.63, 3.8) is 0 Å². The van der Waals surface area contributed by atoms with Gasteiger partial charge < -0.3 is 15.5 Å². The first-order chi connectivity index (χ1) is 13.7. The topological polar surface area (TPSA) is 60.0 Å². The first-order valence-electron chi connectivity index (χ1n) is 10.8. The number of benzene rings is 1. The highest BCUT2D eigenvalue weighted by Gasteiger charge is 2.30. The van der Waals surface area contributed by atoms with E-state index in [-0.39, 0.29) is 5.91 Å². The van der Waals surface area contributed by atoms with Crippen LogP contribution in [0.25, 0.3) is 0 Å². The average Bonchev–Trinajstić information content (AvgIpc) is 3.47. The lowest BCUT2D eigenvalue weighted by Gasteiger charge is -2.24. The summed E-state index contributed by atoms with van der Waals surface area (Å²) in [4.78, 5) is 20.8. The van der Waals surface area contributed by atoms with Gasteiger partial charge in [-0.2, -0.15) is 0 Å². The van der Waals surface area contributed by atoms with E-state index in [0.29, 0.717) is 12.5 Å². The first-order valence-corrected chi connectivity index (χ1v) is 10.8. The maximum atomic E-state index is 11.9. The molecule has 3 fully saturated rings. The lowest BCUT2D eigenvalue weighted by Crippen LogP contribution is -2.45. The number of nitrogens with one attached hydrogen (secondary N) is 2. The van der Waals surface area contributed by atoms with Crippen molar-refractivity contribution >= 4 is 17.6 Å². The van der Waals surface area contributed by atoms with Crippen molar-refractivity contribution in [2.45, 2.75) is 63.6 Å². The second-order valence-electron chi connectivity index (χ2n) is 8.30. The zero-order valence-corrected chi connectivity index (χ0v) is 17.0. The second kappa shape index (κ2) is 8.95. The summed E-state index contributed by atoms with van der Waals surface area (Å²) < 4.78 is 0. The van der Waals surface area contributed by atoms with Gasteiger partial charge in [0.2, 0.25) is 5.91 Å². The molecule has 6 nitrogen and oxygen atoms in total. The number of nitrogens with zero attached hydrogens (tertiary/aromatic N) is 3. The SMILES string of the molecule is CN=C(NCc1ccc(N2CCCC2=O)cc1)NC1CCN(C2CCCC2)C1. The number of guanidine groups is 1. The minimum atomic E-state index is 0.235. The standard InChI is InChI=1S/C22H33N5O/c1-23-22(25-18-12-14-26(16-18)19-5-2-3-6-19)24-15-17-8-10-20(11-9-17)27-13-4-7-21(27)28/h8-11,18-19H,2-7,12-16H2,1H3,(H2,23,24,25). The van der Waals surface area contributed by atoms with Crippen molar-refractivity contribution in [1.82, 2.24) is 15.5 Å². The van der Waals surface area contributed by atoms with E-state index in [1.807, 2.05) is 24.1 Å². The molecule has 0 aromatic heterocycles. The Balaban J connectivity index is 1.25. The highest BCUT2D eigenvalue weighted by Crippen LogP contribution is 2.26. The Morgan fingerprint density at radius 3 is 2.57 bits per heavy atom. The van der Waals surface area contributed by atoms with Gasteiger partial charge in [-0.3, -0.25) is 14.7 Å². The molecular weight excluding hydrogens is 350 g/mol. The van der Waals surface area contributed by atoms with Crippen LogP contribution < -0.4 is 15.5 Å².